The van der Waals surface area contributed by atoms with E-state index in [9.17, 15) is 4.79 Å². The highest BCUT2D eigenvalue weighted by molar-refractivity contribution is 7.19. The zero-order chi connectivity index (χ0) is 31.2. The molecular weight excluding hydrogens is 580 g/mol. The van der Waals surface area contributed by atoms with Crippen LogP contribution in [0.3, 0.4) is 0 Å². The van der Waals surface area contributed by atoms with Gasteiger partial charge in [0.05, 0.1) is 16.4 Å². The molecular formula is C39H38O5S. The molecule has 0 bridgehead atoms. The second-order valence-electron chi connectivity index (χ2n) is 11.4. The molecule has 0 saturated heterocycles. The minimum Gasteiger partial charge on any atom is -0.484 e. The van der Waals surface area contributed by atoms with E-state index in [-0.39, 0.29) is 19.8 Å². The molecule has 2 heterocycles. The van der Waals surface area contributed by atoms with Crippen LogP contribution in [0.4, 0.5) is 0 Å². The molecule has 6 heteroatoms. The number of hydrogen-bond donors (Lipinski definition) is 1. The maximum Gasteiger partial charge on any atom is 0.329 e. The van der Waals surface area contributed by atoms with Crippen LogP contribution in [-0.4, -0.2) is 37.0 Å². The Morgan fingerprint density at radius 3 is 1.56 bits per heavy atom. The molecule has 5 nitrogen and oxygen atoms in total. The monoisotopic (exact) mass is 618 g/mol. The van der Waals surface area contributed by atoms with Gasteiger partial charge in [-0.1, -0.05) is 124 Å². The van der Waals surface area contributed by atoms with Gasteiger partial charge in [0.2, 0.25) is 0 Å². The molecule has 1 aromatic heterocycles. The van der Waals surface area contributed by atoms with Crippen LogP contribution in [0.15, 0.2) is 97.1 Å². The second kappa shape index (κ2) is 14.1. The van der Waals surface area contributed by atoms with Crippen molar-refractivity contribution in [3.8, 4) is 54.6 Å². The number of ether oxygens (including phenoxy) is 3. The predicted molar refractivity (Wildman–Crippen MR) is 182 cm³/mol. The zero-order valence-corrected chi connectivity index (χ0v) is 26.6. The van der Waals surface area contributed by atoms with E-state index in [0.29, 0.717) is 5.75 Å². The highest BCUT2D eigenvalue weighted by Gasteiger charge is 2.31. The number of hydrogen-bond acceptors (Lipinski definition) is 5. The first-order valence-corrected chi connectivity index (χ1v) is 16.5. The molecule has 0 saturated carbocycles. The molecule has 0 unspecified atom stereocenters. The Balaban J connectivity index is 1.30. The van der Waals surface area contributed by atoms with Crippen molar-refractivity contribution in [1.29, 1.82) is 0 Å². The lowest BCUT2D eigenvalue weighted by atomic mass is 10.0. The third kappa shape index (κ3) is 7.14. The highest BCUT2D eigenvalue weighted by atomic mass is 32.1. The molecule has 230 valence electrons. The first-order chi connectivity index (χ1) is 22.0. The van der Waals surface area contributed by atoms with Gasteiger partial charge in [-0.15, -0.1) is 11.3 Å². The van der Waals surface area contributed by atoms with Crippen molar-refractivity contribution in [1.82, 2.24) is 0 Å². The number of carboxylic acids is 1. The van der Waals surface area contributed by atoms with E-state index in [1.165, 1.54) is 27.8 Å². The van der Waals surface area contributed by atoms with Crippen LogP contribution >= 0.6 is 11.3 Å². The fourth-order valence-electron chi connectivity index (χ4n) is 5.69. The zero-order valence-electron chi connectivity index (χ0n) is 25.8. The molecule has 6 rings (SSSR count). The number of aryl methyl sites for hydroxylation is 2. The molecule has 1 N–H and O–H groups in total. The summed E-state index contributed by atoms with van der Waals surface area (Å²) in [6, 6.07) is 34.7. The van der Waals surface area contributed by atoms with Crippen LogP contribution < -0.4 is 9.47 Å². The van der Waals surface area contributed by atoms with Gasteiger partial charge in [-0.05, 0) is 57.3 Å². The van der Waals surface area contributed by atoms with Gasteiger partial charge in [0.1, 0.15) is 13.2 Å². The summed E-state index contributed by atoms with van der Waals surface area (Å²) in [6.07, 6.45) is 4.05. The van der Waals surface area contributed by atoms with E-state index in [1.54, 1.807) is 11.3 Å². The van der Waals surface area contributed by atoms with Crippen LogP contribution in [0.25, 0.3) is 43.1 Å². The van der Waals surface area contributed by atoms with Gasteiger partial charge in [0.25, 0.3) is 0 Å². The molecule has 0 aliphatic carbocycles. The minimum atomic E-state index is -1.01. The molecule has 0 amide bonds. The average Bonchev–Trinajstić information content (AvgIpc) is 3.45. The summed E-state index contributed by atoms with van der Waals surface area (Å²) in [5, 5.41) is 9.00. The Labute approximate surface area is 269 Å². The van der Waals surface area contributed by atoms with E-state index in [0.717, 1.165) is 57.9 Å². The summed E-state index contributed by atoms with van der Waals surface area (Å²) in [4.78, 5) is 13.0. The van der Waals surface area contributed by atoms with Gasteiger partial charge in [-0.25, -0.2) is 4.79 Å². The fourth-order valence-corrected chi connectivity index (χ4v) is 6.88. The van der Waals surface area contributed by atoms with Gasteiger partial charge in [-0.2, -0.15) is 0 Å². The second-order valence-corrected chi connectivity index (χ2v) is 12.4. The lowest BCUT2D eigenvalue weighted by Crippen LogP contribution is -2.34. The van der Waals surface area contributed by atoms with Gasteiger partial charge in [0.15, 0.2) is 17.6 Å². The number of benzene rings is 4. The van der Waals surface area contributed by atoms with Crippen molar-refractivity contribution < 1.29 is 24.1 Å². The predicted octanol–water partition coefficient (Wildman–Crippen LogP) is 9.56. The van der Waals surface area contributed by atoms with Gasteiger partial charge in [-0.3, -0.25) is 0 Å². The summed E-state index contributed by atoms with van der Waals surface area (Å²) < 4.78 is 18.1. The van der Waals surface area contributed by atoms with Crippen LogP contribution in [0, 0.1) is 0 Å². The Morgan fingerprint density at radius 1 is 0.689 bits per heavy atom. The smallest absolute Gasteiger partial charge is 0.329 e. The van der Waals surface area contributed by atoms with Crippen LogP contribution in [0.1, 0.15) is 37.8 Å². The quantitative estimate of drug-likeness (QED) is 0.151. The standard InChI is InChI=1S/C39H38O5S/c1-3-5-26-7-11-28(12-8-26)30-15-19-32(20-16-30)38-36-37(44-34(24-43-36)23-42-25-35(40)41)39(45-38)33-21-17-31(18-22-33)29-13-9-27(6-4-2)10-14-29/h7-22,34H,3-6,23-25H2,1-2H3,(H,40,41)/t34-/m0/s1. The van der Waals surface area contributed by atoms with Crippen molar-refractivity contribution in [2.45, 2.75) is 45.6 Å². The molecule has 0 fully saturated rings. The number of fused-ring (bicyclic) bond motifs is 1. The number of thiophene rings is 1. The van der Waals surface area contributed by atoms with E-state index in [2.05, 4.69) is 111 Å². The van der Waals surface area contributed by atoms with Crippen molar-refractivity contribution >= 4 is 17.3 Å². The lowest BCUT2D eigenvalue weighted by molar-refractivity contribution is -0.143. The van der Waals surface area contributed by atoms with Crippen molar-refractivity contribution in [3.05, 3.63) is 108 Å². The number of aliphatic carboxylic acids is 1. The first kappa shape index (κ1) is 30.6. The molecule has 0 radical (unpaired) electrons. The van der Waals surface area contributed by atoms with Crippen LogP contribution in [0.2, 0.25) is 0 Å². The summed E-state index contributed by atoms with van der Waals surface area (Å²) in [7, 11) is 0. The average molecular weight is 619 g/mol. The third-order valence-electron chi connectivity index (χ3n) is 8.00. The number of carbonyl (C=O) groups is 1. The molecule has 1 atom stereocenters. The van der Waals surface area contributed by atoms with E-state index < -0.39 is 12.1 Å². The lowest BCUT2D eigenvalue weighted by Gasteiger charge is -2.25. The van der Waals surface area contributed by atoms with Gasteiger partial charge < -0.3 is 19.3 Å². The summed E-state index contributed by atoms with van der Waals surface area (Å²) in [5.41, 5.74) is 9.51. The SMILES string of the molecule is CCCc1ccc(-c2ccc(-c3sc(-c4ccc(-c5ccc(CCC)cc5)cc4)c4c3OC[C@H](COCC(=O)O)O4)cc2)cc1. The van der Waals surface area contributed by atoms with E-state index in [1.807, 2.05) is 0 Å². The Hall–Kier alpha value is -4.39. The topological polar surface area (TPSA) is 65.0 Å². The fraction of sp³-hybridized carbons (Fsp3) is 0.256. The first-order valence-electron chi connectivity index (χ1n) is 15.7. The summed E-state index contributed by atoms with van der Waals surface area (Å²) >= 11 is 1.65. The van der Waals surface area contributed by atoms with Crippen molar-refractivity contribution in [3.63, 3.8) is 0 Å². The van der Waals surface area contributed by atoms with Crippen LogP contribution in [-0.2, 0) is 22.4 Å². The third-order valence-corrected chi connectivity index (χ3v) is 9.25. The number of rotatable bonds is 12. The molecule has 0 spiro atoms. The van der Waals surface area contributed by atoms with Gasteiger partial charge >= 0.3 is 5.97 Å². The van der Waals surface area contributed by atoms with Gasteiger partial charge in [0, 0.05) is 0 Å². The van der Waals surface area contributed by atoms with Crippen molar-refractivity contribution in [2.24, 2.45) is 0 Å². The Bertz CT molecular complexity index is 1720. The van der Waals surface area contributed by atoms with E-state index >= 15 is 0 Å². The minimum absolute atomic E-state index is 0.134. The maximum absolute atomic E-state index is 11.0. The van der Waals surface area contributed by atoms with Crippen molar-refractivity contribution in [2.75, 3.05) is 19.8 Å². The Kier molecular flexibility index (Phi) is 9.63. The normalized spacial score (nSPS) is 14.0. The highest BCUT2D eigenvalue weighted by Crippen LogP contribution is 2.54. The molecule has 45 heavy (non-hydrogen) atoms. The summed E-state index contributed by atoms with van der Waals surface area (Å²) in [6.45, 7) is 4.44. The molecule has 4 aromatic carbocycles. The molecule has 1 aliphatic rings. The molecule has 5 aromatic rings. The molecule has 1 aliphatic heterocycles. The maximum atomic E-state index is 11.0. The largest absolute Gasteiger partial charge is 0.484 e. The Morgan fingerprint density at radius 2 is 1.11 bits per heavy atom. The summed E-state index contributed by atoms with van der Waals surface area (Å²) in [5.74, 6) is 0.389. The number of carboxylic acid groups (broad SMARTS) is 1. The van der Waals surface area contributed by atoms with Crippen LogP contribution in [0.5, 0.6) is 11.5 Å². The van der Waals surface area contributed by atoms with E-state index in [4.69, 9.17) is 19.3 Å².